The highest BCUT2D eigenvalue weighted by Gasteiger charge is 2.20. The van der Waals surface area contributed by atoms with E-state index in [-0.39, 0.29) is 5.97 Å². The molecule has 3 heteroatoms. The van der Waals surface area contributed by atoms with Gasteiger partial charge in [-0.1, -0.05) is 13.8 Å². The van der Waals surface area contributed by atoms with Gasteiger partial charge in [0.2, 0.25) is 0 Å². The van der Waals surface area contributed by atoms with Crippen LogP contribution in [0.15, 0.2) is 12.1 Å². The summed E-state index contributed by atoms with van der Waals surface area (Å²) < 4.78 is 10.5. The first kappa shape index (κ1) is 12.0. The van der Waals surface area contributed by atoms with E-state index >= 15 is 0 Å². The van der Waals surface area contributed by atoms with Crippen LogP contribution in [0.25, 0.3) is 0 Å². The van der Waals surface area contributed by atoms with Crippen molar-refractivity contribution in [2.45, 2.75) is 32.6 Å². The van der Waals surface area contributed by atoms with E-state index in [2.05, 4.69) is 13.8 Å². The number of ether oxygens (including phenoxy) is 2. The van der Waals surface area contributed by atoms with E-state index in [0.717, 1.165) is 36.3 Å². The number of hydrogen-bond acceptors (Lipinski definition) is 3. The van der Waals surface area contributed by atoms with E-state index in [1.165, 1.54) is 7.11 Å². The molecule has 1 aromatic rings. The molecule has 1 aromatic carbocycles. The topological polar surface area (TPSA) is 35.5 Å². The smallest absolute Gasteiger partial charge is 0.337 e. The third-order valence-corrected chi connectivity index (χ3v) is 3.07. The molecule has 3 nitrogen and oxygen atoms in total. The van der Waals surface area contributed by atoms with E-state index in [1.54, 1.807) is 0 Å². The van der Waals surface area contributed by atoms with E-state index in [9.17, 15) is 4.79 Å². The summed E-state index contributed by atoms with van der Waals surface area (Å²) >= 11 is 0. The Morgan fingerprint density at radius 3 is 2.82 bits per heavy atom. The summed E-state index contributed by atoms with van der Waals surface area (Å²) in [4.78, 5) is 11.6. The number of benzene rings is 1. The van der Waals surface area contributed by atoms with Crippen LogP contribution in [0.3, 0.4) is 0 Å². The average Bonchev–Trinajstić information content (AvgIpc) is 2.36. The second kappa shape index (κ2) is 4.78. The van der Waals surface area contributed by atoms with Crippen LogP contribution in [0, 0.1) is 0 Å². The van der Waals surface area contributed by atoms with Crippen LogP contribution in [-0.2, 0) is 11.2 Å². The van der Waals surface area contributed by atoms with Crippen LogP contribution in [0.1, 0.15) is 47.7 Å². The first-order valence-electron chi connectivity index (χ1n) is 6.01. The number of hydrogen-bond donors (Lipinski definition) is 0. The fourth-order valence-electron chi connectivity index (χ4n) is 2.18. The number of carbonyl (C=O) groups excluding carboxylic acids is 1. The molecule has 0 bridgehead atoms. The first-order chi connectivity index (χ1) is 8.13. The number of esters is 1. The minimum absolute atomic E-state index is 0.278. The molecule has 92 valence electrons. The van der Waals surface area contributed by atoms with Crippen molar-refractivity contribution in [1.82, 2.24) is 0 Å². The summed E-state index contributed by atoms with van der Waals surface area (Å²) in [5, 5.41) is 0. The van der Waals surface area contributed by atoms with Gasteiger partial charge in [-0.2, -0.15) is 0 Å². The predicted molar refractivity (Wildman–Crippen MR) is 65.7 cm³/mol. The molecular formula is C14H18O3. The molecule has 0 N–H and O–H groups in total. The third kappa shape index (κ3) is 2.28. The molecule has 0 saturated carbocycles. The first-order valence-corrected chi connectivity index (χ1v) is 6.01. The monoisotopic (exact) mass is 234 g/mol. The second-order valence-corrected chi connectivity index (χ2v) is 4.65. The lowest BCUT2D eigenvalue weighted by atomic mass is 9.93. The molecule has 2 rings (SSSR count). The zero-order chi connectivity index (χ0) is 12.4. The van der Waals surface area contributed by atoms with Crippen molar-refractivity contribution >= 4 is 5.97 Å². The van der Waals surface area contributed by atoms with Crippen molar-refractivity contribution < 1.29 is 14.3 Å². The minimum atomic E-state index is -0.278. The van der Waals surface area contributed by atoms with Crippen LogP contribution in [0.4, 0.5) is 0 Å². The van der Waals surface area contributed by atoms with Crippen molar-refractivity contribution in [3.63, 3.8) is 0 Å². The van der Waals surface area contributed by atoms with Crippen LogP contribution < -0.4 is 4.74 Å². The Hall–Kier alpha value is -1.51. The van der Waals surface area contributed by atoms with Gasteiger partial charge in [0.1, 0.15) is 5.75 Å². The van der Waals surface area contributed by atoms with Gasteiger partial charge < -0.3 is 9.47 Å². The molecule has 0 unspecified atom stereocenters. The van der Waals surface area contributed by atoms with E-state index in [0.29, 0.717) is 11.5 Å². The lowest BCUT2D eigenvalue weighted by Crippen LogP contribution is -2.13. The van der Waals surface area contributed by atoms with Gasteiger partial charge >= 0.3 is 5.97 Å². The van der Waals surface area contributed by atoms with Gasteiger partial charge in [-0.05, 0) is 42.0 Å². The molecule has 1 heterocycles. The van der Waals surface area contributed by atoms with Gasteiger partial charge in [0.25, 0.3) is 0 Å². The summed E-state index contributed by atoms with van der Waals surface area (Å²) in [6.45, 7) is 4.98. The Morgan fingerprint density at radius 1 is 1.41 bits per heavy atom. The molecule has 0 radical (unpaired) electrons. The largest absolute Gasteiger partial charge is 0.493 e. The van der Waals surface area contributed by atoms with E-state index in [1.807, 2.05) is 12.1 Å². The van der Waals surface area contributed by atoms with Gasteiger partial charge in [0, 0.05) is 0 Å². The highest BCUT2D eigenvalue weighted by atomic mass is 16.5. The minimum Gasteiger partial charge on any atom is -0.493 e. The highest BCUT2D eigenvalue weighted by Crippen LogP contribution is 2.35. The zero-order valence-electron chi connectivity index (χ0n) is 10.6. The maximum atomic E-state index is 11.6. The van der Waals surface area contributed by atoms with Gasteiger partial charge in [-0.15, -0.1) is 0 Å². The van der Waals surface area contributed by atoms with Gasteiger partial charge in [-0.25, -0.2) is 4.79 Å². The average molecular weight is 234 g/mol. The van der Waals surface area contributed by atoms with Crippen LogP contribution in [0.5, 0.6) is 5.75 Å². The zero-order valence-corrected chi connectivity index (χ0v) is 10.6. The molecule has 0 spiro atoms. The molecule has 0 aliphatic carbocycles. The SMILES string of the molecule is COC(=O)c1cc2c(c(C(C)C)c1)OCCC2. The Balaban J connectivity index is 2.52. The number of fused-ring (bicyclic) bond motifs is 1. The fraction of sp³-hybridized carbons (Fsp3) is 0.500. The number of methoxy groups -OCH3 is 1. The summed E-state index contributed by atoms with van der Waals surface area (Å²) in [5.41, 5.74) is 2.85. The van der Waals surface area contributed by atoms with Crippen molar-refractivity contribution in [2.24, 2.45) is 0 Å². The molecular weight excluding hydrogens is 216 g/mol. The molecule has 0 atom stereocenters. The third-order valence-electron chi connectivity index (χ3n) is 3.07. The lowest BCUT2D eigenvalue weighted by molar-refractivity contribution is 0.0600. The van der Waals surface area contributed by atoms with E-state index < -0.39 is 0 Å². The molecule has 0 fully saturated rings. The Bertz CT molecular complexity index is 435. The van der Waals surface area contributed by atoms with Crippen LogP contribution >= 0.6 is 0 Å². The Kier molecular flexibility index (Phi) is 3.36. The quantitative estimate of drug-likeness (QED) is 0.738. The Morgan fingerprint density at radius 2 is 2.18 bits per heavy atom. The van der Waals surface area contributed by atoms with Gasteiger partial charge in [-0.3, -0.25) is 0 Å². The predicted octanol–water partition coefficient (Wildman–Crippen LogP) is 2.92. The van der Waals surface area contributed by atoms with Crippen molar-refractivity contribution in [1.29, 1.82) is 0 Å². The fourth-order valence-corrected chi connectivity index (χ4v) is 2.18. The second-order valence-electron chi connectivity index (χ2n) is 4.65. The number of rotatable bonds is 2. The highest BCUT2D eigenvalue weighted by molar-refractivity contribution is 5.90. The molecule has 0 aromatic heterocycles. The normalized spacial score (nSPS) is 14.1. The summed E-state index contributed by atoms with van der Waals surface area (Å²) in [6.07, 6.45) is 1.98. The maximum absolute atomic E-state index is 11.6. The molecule has 1 aliphatic heterocycles. The molecule has 0 saturated heterocycles. The van der Waals surface area contributed by atoms with E-state index in [4.69, 9.17) is 9.47 Å². The van der Waals surface area contributed by atoms with Crippen LogP contribution in [0.2, 0.25) is 0 Å². The lowest BCUT2D eigenvalue weighted by Gasteiger charge is -2.23. The number of carbonyl (C=O) groups is 1. The standard InChI is InChI=1S/C14H18O3/c1-9(2)12-8-11(14(15)16-3)7-10-5-4-6-17-13(10)12/h7-9H,4-6H2,1-3H3. The molecule has 1 aliphatic rings. The number of aryl methyl sites for hydroxylation is 1. The van der Waals surface area contributed by atoms with Gasteiger partial charge in [0.15, 0.2) is 0 Å². The molecule has 0 amide bonds. The summed E-state index contributed by atoms with van der Waals surface area (Å²) in [6, 6.07) is 3.78. The van der Waals surface area contributed by atoms with Crippen molar-refractivity contribution in [2.75, 3.05) is 13.7 Å². The Labute approximate surface area is 102 Å². The summed E-state index contributed by atoms with van der Waals surface area (Å²) in [7, 11) is 1.41. The van der Waals surface area contributed by atoms with Crippen molar-refractivity contribution in [3.8, 4) is 5.75 Å². The summed E-state index contributed by atoms with van der Waals surface area (Å²) in [5.74, 6) is 1.03. The molecule has 17 heavy (non-hydrogen) atoms. The van der Waals surface area contributed by atoms with Crippen molar-refractivity contribution in [3.05, 3.63) is 28.8 Å². The van der Waals surface area contributed by atoms with Gasteiger partial charge in [0.05, 0.1) is 19.3 Å². The van der Waals surface area contributed by atoms with Crippen LogP contribution in [-0.4, -0.2) is 19.7 Å². The maximum Gasteiger partial charge on any atom is 0.337 e.